The van der Waals surface area contributed by atoms with Crippen molar-refractivity contribution in [2.75, 3.05) is 6.54 Å². The van der Waals surface area contributed by atoms with Crippen molar-refractivity contribution in [1.29, 1.82) is 0 Å². The zero-order chi connectivity index (χ0) is 14.7. The van der Waals surface area contributed by atoms with Crippen LogP contribution in [0.4, 0.5) is 4.39 Å². The van der Waals surface area contributed by atoms with Gasteiger partial charge in [0.15, 0.2) is 0 Å². The van der Waals surface area contributed by atoms with Crippen LogP contribution in [0.15, 0.2) is 18.2 Å². The second-order valence-electron chi connectivity index (χ2n) is 5.34. The minimum Gasteiger partial charge on any atom is -0.481 e. The van der Waals surface area contributed by atoms with Gasteiger partial charge in [-0.25, -0.2) is 4.39 Å². The number of aliphatic carboxylic acids is 1. The molecule has 0 saturated heterocycles. The Morgan fingerprint density at radius 3 is 2.75 bits per heavy atom. The first-order chi connectivity index (χ1) is 9.49. The molecule has 1 amide bonds. The van der Waals surface area contributed by atoms with Gasteiger partial charge in [0, 0.05) is 12.1 Å². The van der Waals surface area contributed by atoms with Crippen molar-refractivity contribution >= 4 is 11.9 Å². The van der Waals surface area contributed by atoms with Crippen LogP contribution in [-0.2, 0) is 4.79 Å². The standard InChI is InChI=1S/C15H18FNO3/c1-9-12(3-2-4-13(9)16)14(18)17-8-11(15(19)20)7-10-5-6-10/h2-4,10-11H,5-8H2,1H3,(H,17,18)(H,19,20). The highest BCUT2D eigenvalue weighted by Crippen LogP contribution is 2.35. The summed E-state index contributed by atoms with van der Waals surface area (Å²) in [7, 11) is 0. The summed E-state index contributed by atoms with van der Waals surface area (Å²) in [5, 5.41) is 11.7. The van der Waals surface area contributed by atoms with Crippen LogP contribution in [0.2, 0.25) is 0 Å². The highest BCUT2D eigenvalue weighted by molar-refractivity contribution is 5.95. The molecule has 0 radical (unpaired) electrons. The predicted molar refractivity (Wildman–Crippen MR) is 71.9 cm³/mol. The van der Waals surface area contributed by atoms with Gasteiger partial charge < -0.3 is 10.4 Å². The van der Waals surface area contributed by atoms with Crippen LogP contribution >= 0.6 is 0 Å². The summed E-state index contributed by atoms with van der Waals surface area (Å²) in [6.45, 7) is 1.61. The zero-order valence-corrected chi connectivity index (χ0v) is 11.4. The molecule has 1 fully saturated rings. The van der Waals surface area contributed by atoms with E-state index in [9.17, 15) is 14.0 Å². The number of carbonyl (C=O) groups is 2. The number of amides is 1. The van der Waals surface area contributed by atoms with Crippen LogP contribution in [-0.4, -0.2) is 23.5 Å². The third-order valence-corrected chi connectivity index (χ3v) is 3.69. The summed E-state index contributed by atoms with van der Waals surface area (Å²) >= 11 is 0. The van der Waals surface area contributed by atoms with E-state index >= 15 is 0 Å². The number of halogens is 1. The number of nitrogens with one attached hydrogen (secondary N) is 1. The minimum atomic E-state index is -0.895. The molecule has 0 bridgehead atoms. The van der Waals surface area contributed by atoms with E-state index in [1.165, 1.54) is 25.1 Å². The number of rotatable bonds is 6. The molecular formula is C15H18FNO3. The molecule has 0 aromatic heterocycles. The van der Waals surface area contributed by atoms with E-state index in [4.69, 9.17) is 5.11 Å². The molecular weight excluding hydrogens is 261 g/mol. The lowest BCUT2D eigenvalue weighted by molar-refractivity contribution is -0.141. The smallest absolute Gasteiger partial charge is 0.308 e. The Hall–Kier alpha value is -1.91. The fourth-order valence-corrected chi connectivity index (χ4v) is 2.19. The van der Waals surface area contributed by atoms with E-state index in [0.717, 1.165) is 12.8 Å². The molecule has 1 atom stereocenters. The number of carboxylic acids is 1. The number of carboxylic acid groups (broad SMARTS) is 1. The second kappa shape index (κ2) is 6.03. The highest BCUT2D eigenvalue weighted by atomic mass is 19.1. The summed E-state index contributed by atoms with van der Waals surface area (Å²) in [5.41, 5.74) is 0.527. The SMILES string of the molecule is Cc1c(F)cccc1C(=O)NCC(CC1CC1)C(=O)O. The molecule has 0 spiro atoms. The normalized spacial score (nSPS) is 15.7. The fourth-order valence-electron chi connectivity index (χ4n) is 2.19. The largest absolute Gasteiger partial charge is 0.481 e. The van der Waals surface area contributed by atoms with Gasteiger partial charge in [0.1, 0.15) is 5.82 Å². The van der Waals surface area contributed by atoms with Crippen LogP contribution < -0.4 is 5.32 Å². The van der Waals surface area contributed by atoms with Gasteiger partial charge in [0.05, 0.1) is 5.92 Å². The van der Waals surface area contributed by atoms with Crippen LogP contribution in [0.1, 0.15) is 35.2 Å². The topological polar surface area (TPSA) is 66.4 Å². The van der Waals surface area contributed by atoms with Gasteiger partial charge in [-0.2, -0.15) is 0 Å². The van der Waals surface area contributed by atoms with Gasteiger partial charge in [-0.15, -0.1) is 0 Å². The zero-order valence-electron chi connectivity index (χ0n) is 11.4. The van der Waals surface area contributed by atoms with Gasteiger partial charge in [-0.05, 0) is 37.0 Å². The van der Waals surface area contributed by atoms with Crippen molar-refractivity contribution in [3.8, 4) is 0 Å². The van der Waals surface area contributed by atoms with Crippen molar-refractivity contribution < 1.29 is 19.1 Å². The summed E-state index contributed by atoms with van der Waals surface area (Å²) in [5.74, 6) is -1.85. The van der Waals surface area contributed by atoms with Crippen LogP contribution in [0.3, 0.4) is 0 Å². The quantitative estimate of drug-likeness (QED) is 0.840. The van der Waals surface area contributed by atoms with Crippen molar-refractivity contribution in [1.82, 2.24) is 5.32 Å². The number of carbonyl (C=O) groups excluding carboxylic acids is 1. The Morgan fingerprint density at radius 1 is 1.45 bits per heavy atom. The van der Waals surface area contributed by atoms with E-state index in [-0.39, 0.29) is 17.7 Å². The maximum atomic E-state index is 13.4. The summed E-state index contributed by atoms with van der Waals surface area (Å²) in [6, 6.07) is 4.29. The monoisotopic (exact) mass is 279 g/mol. The van der Waals surface area contributed by atoms with Crippen molar-refractivity contribution in [3.63, 3.8) is 0 Å². The van der Waals surface area contributed by atoms with E-state index in [2.05, 4.69) is 5.32 Å². The summed E-state index contributed by atoms with van der Waals surface area (Å²) in [6.07, 6.45) is 2.74. The van der Waals surface area contributed by atoms with Crippen LogP contribution in [0.25, 0.3) is 0 Å². The molecule has 1 aliphatic carbocycles. The molecule has 5 heteroatoms. The molecule has 1 unspecified atom stereocenters. The number of hydrogen-bond donors (Lipinski definition) is 2. The molecule has 108 valence electrons. The summed E-state index contributed by atoms with van der Waals surface area (Å²) in [4.78, 5) is 23.1. The third-order valence-electron chi connectivity index (χ3n) is 3.69. The van der Waals surface area contributed by atoms with Gasteiger partial charge >= 0.3 is 5.97 Å². The maximum absolute atomic E-state index is 13.4. The minimum absolute atomic E-state index is 0.0839. The predicted octanol–water partition coefficient (Wildman–Crippen LogP) is 2.36. The van der Waals surface area contributed by atoms with Crippen molar-refractivity contribution in [2.45, 2.75) is 26.2 Å². The van der Waals surface area contributed by atoms with Crippen molar-refractivity contribution in [3.05, 3.63) is 35.1 Å². The molecule has 2 rings (SSSR count). The van der Waals surface area contributed by atoms with E-state index in [0.29, 0.717) is 12.3 Å². The molecule has 2 N–H and O–H groups in total. The third kappa shape index (κ3) is 3.56. The van der Waals surface area contributed by atoms with Crippen LogP contribution in [0.5, 0.6) is 0 Å². The second-order valence-corrected chi connectivity index (χ2v) is 5.34. The van der Waals surface area contributed by atoms with Crippen LogP contribution in [0, 0.1) is 24.6 Å². The molecule has 4 nitrogen and oxygen atoms in total. The Labute approximate surface area is 117 Å². The molecule has 0 heterocycles. The number of hydrogen-bond acceptors (Lipinski definition) is 2. The van der Waals surface area contributed by atoms with Gasteiger partial charge in [-0.1, -0.05) is 18.9 Å². The van der Waals surface area contributed by atoms with Gasteiger partial charge in [0.25, 0.3) is 5.91 Å². The average molecular weight is 279 g/mol. The van der Waals surface area contributed by atoms with Crippen molar-refractivity contribution in [2.24, 2.45) is 11.8 Å². The Balaban J connectivity index is 1.96. The van der Waals surface area contributed by atoms with E-state index in [1.807, 2.05) is 0 Å². The Kier molecular flexibility index (Phi) is 4.37. The Bertz CT molecular complexity index is 526. The summed E-state index contributed by atoms with van der Waals surface area (Å²) < 4.78 is 13.4. The Morgan fingerprint density at radius 2 is 2.15 bits per heavy atom. The molecule has 1 aromatic carbocycles. The highest BCUT2D eigenvalue weighted by Gasteiger charge is 2.29. The van der Waals surface area contributed by atoms with Gasteiger partial charge in [-0.3, -0.25) is 9.59 Å². The molecule has 1 aliphatic rings. The van der Waals surface area contributed by atoms with E-state index < -0.39 is 23.6 Å². The van der Waals surface area contributed by atoms with Gasteiger partial charge in [0.2, 0.25) is 0 Å². The first-order valence-electron chi connectivity index (χ1n) is 6.75. The molecule has 20 heavy (non-hydrogen) atoms. The average Bonchev–Trinajstić information content (AvgIpc) is 3.21. The lowest BCUT2D eigenvalue weighted by Gasteiger charge is -2.13. The lowest BCUT2D eigenvalue weighted by atomic mass is 10.0. The fraction of sp³-hybridized carbons (Fsp3) is 0.467. The number of benzene rings is 1. The lowest BCUT2D eigenvalue weighted by Crippen LogP contribution is -2.33. The maximum Gasteiger partial charge on any atom is 0.308 e. The van der Waals surface area contributed by atoms with E-state index in [1.54, 1.807) is 0 Å². The molecule has 1 saturated carbocycles. The first-order valence-corrected chi connectivity index (χ1v) is 6.75. The first kappa shape index (κ1) is 14.5. The molecule has 0 aliphatic heterocycles. The molecule has 1 aromatic rings.